The molecule has 2 aromatic carbocycles. The van der Waals surface area contributed by atoms with E-state index in [0.717, 1.165) is 10.8 Å². The van der Waals surface area contributed by atoms with E-state index in [4.69, 9.17) is 10.5 Å². The van der Waals surface area contributed by atoms with Gasteiger partial charge in [0.05, 0.1) is 10.2 Å². The standard InChI is InChI=1S/C15H10BrFN2O/c16-12-3-2-10(17)7-14(12)20-13-4-1-9-8-19-6-5-11(9)15(13)18/h1-8H,18H2. The van der Waals surface area contributed by atoms with Crippen LogP contribution in [0.15, 0.2) is 53.3 Å². The molecule has 0 saturated carbocycles. The summed E-state index contributed by atoms with van der Waals surface area (Å²) in [6.07, 6.45) is 3.40. The molecule has 0 radical (unpaired) electrons. The van der Waals surface area contributed by atoms with E-state index in [1.165, 1.54) is 12.1 Å². The van der Waals surface area contributed by atoms with Crippen LogP contribution in [0.2, 0.25) is 0 Å². The minimum Gasteiger partial charge on any atom is -0.454 e. The molecule has 0 fully saturated rings. The Kier molecular flexibility index (Phi) is 3.28. The summed E-state index contributed by atoms with van der Waals surface area (Å²) in [6, 6.07) is 9.68. The van der Waals surface area contributed by atoms with Gasteiger partial charge < -0.3 is 10.5 Å². The molecule has 100 valence electrons. The SMILES string of the molecule is Nc1c(Oc2cc(F)ccc2Br)ccc2cnccc12. The number of ether oxygens (including phenoxy) is 1. The number of nitrogen functional groups attached to an aromatic ring is 1. The second-order valence-corrected chi connectivity index (χ2v) is 5.11. The highest BCUT2D eigenvalue weighted by atomic mass is 79.9. The molecule has 0 unspecified atom stereocenters. The van der Waals surface area contributed by atoms with Crippen molar-refractivity contribution in [3.63, 3.8) is 0 Å². The predicted molar refractivity (Wildman–Crippen MR) is 80.3 cm³/mol. The van der Waals surface area contributed by atoms with Gasteiger partial charge in [0.1, 0.15) is 11.6 Å². The lowest BCUT2D eigenvalue weighted by atomic mass is 10.1. The van der Waals surface area contributed by atoms with E-state index in [0.29, 0.717) is 21.7 Å². The zero-order chi connectivity index (χ0) is 14.1. The van der Waals surface area contributed by atoms with Gasteiger partial charge in [0.25, 0.3) is 0 Å². The van der Waals surface area contributed by atoms with Crippen LogP contribution in [0.5, 0.6) is 11.5 Å². The number of fused-ring (bicyclic) bond motifs is 1. The quantitative estimate of drug-likeness (QED) is 0.702. The Hall–Kier alpha value is -2.14. The average molecular weight is 333 g/mol. The first kappa shape index (κ1) is 12.9. The van der Waals surface area contributed by atoms with Crippen molar-refractivity contribution < 1.29 is 9.13 Å². The number of hydrogen-bond acceptors (Lipinski definition) is 3. The van der Waals surface area contributed by atoms with Crippen molar-refractivity contribution in [3.8, 4) is 11.5 Å². The van der Waals surface area contributed by atoms with Gasteiger partial charge in [-0.2, -0.15) is 0 Å². The lowest BCUT2D eigenvalue weighted by Crippen LogP contribution is -1.94. The summed E-state index contributed by atoms with van der Waals surface area (Å²) < 4.78 is 19.6. The van der Waals surface area contributed by atoms with Crippen LogP contribution in [-0.4, -0.2) is 4.98 Å². The zero-order valence-corrected chi connectivity index (χ0v) is 11.9. The maximum absolute atomic E-state index is 13.3. The Morgan fingerprint density at radius 3 is 2.80 bits per heavy atom. The predicted octanol–water partition coefficient (Wildman–Crippen LogP) is 4.51. The first-order chi connectivity index (χ1) is 9.65. The minimum absolute atomic E-state index is 0.369. The van der Waals surface area contributed by atoms with Gasteiger partial charge in [0.2, 0.25) is 0 Å². The molecule has 0 aliphatic heterocycles. The van der Waals surface area contributed by atoms with Gasteiger partial charge in [-0.1, -0.05) is 0 Å². The fourth-order valence-electron chi connectivity index (χ4n) is 1.94. The summed E-state index contributed by atoms with van der Waals surface area (Å²) in [7, 11) is 0. The van der Waals surface area contributed by atoms with Gasteiger partial charge >= 0.3 is 0 Å². The van der Waals surface area contributed by atoms with Gasteiger partial charge in [0.15, 0.2) is 5.75 Å². The Balaban J connectivity index is 2.07. The molecule has 0 aliphatic carbocycles. The van der Waals surface area contributed by atoms with E-state index in [1.54, 1.807) is 24.5 Å². The summed E-state index contributed by atoms with van der Waals surface area (Å²) >= 11 is 3.32. The van der Waals surface area contributed by atoms with Crippen molar-refractivity contribution in [1.29, 1.82) is 0 Å². The Morgan fingerprint density at radius 1 is 1.10 bits per heavy atom. The normalized spacial score (nSPS) is 10.7. The number of hydrogen-bond donors (Lipinski definition) is 1. The minimum atomic E-state index is -0.369. The highest BCUT2D eigenvalue weighted by Crippen LogP contribution is 2.36. The third-order valence-corrected chi connectivity index (χ3v) is 3.59. The van der Waals surface area contributed by atoms with Gasteiger partial charge in [-0.05, 0) is 46.3 Å². The number of pyridine rings is 1. The topological polar surface area (TPSA) is 48.1 Å². The van der Waals surface area contributed by atoms with Crippen LogP contribution in [0.1, 0.15) is 0 Å². The van der Waals surface area contributed by atoms with Crippen molar-refractivity contribution in [2.24, 2.45) is 0 Å². The van der Waals surface area contributed by atoms with Gasteiger partial charge in [-0.3, -0.25) is 4.98 Å². The van der Waals surface area contributed by atoms with Crippen LogP contribution in [-0.2, 0) is 0 Å². The van der Waals surface area contributed by atoms with Crippen molar-refractivity contribution in [2.75, 3.05) is 5.73 Å². The molecule has 1 aromatic heterocycles. The van der Waals surface area contributed by atoms with Gasteiger partial charge in [0, 0.05) is 29.2 Å². The molecule has 0 spiro atoms. The first-order valence-corrected chi connectivity index (χ1v) is 6.69. The molecular weight excluding hydrogens is 323 g/mol. The number of halogens is 2. The summed E-state index contributed by atoms with van der Waals surface area (Å²) in [6.45, 7) is 0. The van der Waals surface area contributed by atoms with E-state index >= 15 is 0 Å². The molecule has 0 amide bonds. The van der Waals surface area contributed by atoms with E-state index in [1.807, 2.05) is 12.1 Å². The van der Waals surface area contributed by atoms with Crippen molar-refractivity contribution >= 4 is 32.4 Å². The maximum atomic E-state index is 13.3. The number of nitrogens with zero attached hydrogens (tertiary/aromatic N) is 1. The van der Waals surface area contributed by atoms with Crippen molar-refractivity contribution in [3.05, 3.63) is 59.1 Å². The number of benzene rings is 2. The monoisotopic (exact) mass is 332 g/mol. The summed E-state index contributed by atoms with van der Waals surface area (Å²) in [5.41, 5.74) is 6.59. The summed E-state index contributed by atoms with van der Waals surface area (Å²) in [5, 5.41) is 1.78. The Bertz CT molecular complexity index is 792. The lowest BCUT2D eigenvalue weighted by molar-refractivity contribution is 0.476. The highest BCUT2D eigenvalue weighted by Gasteiger charge is 2.09. The number of nitrogens with two attached hydrogens (primary N) is 1. The molecule has 3 rings (SSSR count). The Morgan fingerprint density at radius 2 is 1.95 bits per heavy atom. The molecule has 0 aliphatic rings. The molecule has 0 bridgehead atoms. The van der Waals surface area contributed by atoms with Crippen LogP contribution < -0.4 is 10.5 Å². The van der Waals surface area contributed by atoms with Crippen LogP contribution in [0.25, 0.3) is 10.8 Å². The van der Waals surface area contributed by atoms with Gasteiger partial charge in [-0.15, -0.1) is 0 Å². The third-order valence-electron chi connectivity index (χ3n) is 2.93. The molecule has 1 heterocycles. The summed E-state index contributed by atoms with van der Waals surface area (Å²) in [5.74, 6) is 0.492. The van der Waals surface area contributed by atoms with E-state index in [2.05, 4.69) is 20.9 Å². The number of anilines is 1. The average Bonchev–Trinajstić information content (AvgIpc) is 2.46. The van der Waals surface area contributed by atoms with Crippen molar-refractivity contribution in [2.45, 2.75) is 0 Å². The van der Waals surface area contributed by atoms with Gasteiger partial charge in [-0.25, -0.2) is 4.39 Å². The Labute approximate surface area is 123 Å². The molecule has 0 saturated heterocycles. The summed E-state index contributed by atoms with van der Waals surface area (Å²) in [4.78, 5) is 4.04. The fourth-order valence-corrected chi connectivity index (χ4v) is 2.26. The van der Waals surface area contributed by atoms with Crippen molar-refractivity contribution in [1.82, 2.24) is 4.98 Å². The lowest BCUT2D eigenvalue weighted by Gasteiger charge is -2.12. The van der Waals surface area contributed by atoms with E-state index in [9.17, 15) is 4.39 Å². The highest BCUT2D eigenvalue weighted by molar-refractivity contribution is 9.10. The molecule has 2 N–H and O–H groups in total. The maximum Gasteiger partial charge on any atom is 0.151 e. The second-order valence-electron chi connectivity index (χ2n) is 4.25. The zero-order valence-electron chi connectivity index (χ0n) is 10.3. The molecule has 5 heteroatoms. The molecule has 3 nitrogen and oxygen atoms in total. The van der Waals surface area contributed by atoms with Crippen LogP contribution >= 0.6 is 15.9 Å². The number of aromatic nitrogens is 1. The number of rotatable bonds is 2. The molecular formula is C15H10BrFN2O. The molecule has 3 aromatic rings. The largest absolute Gasteiger partial charge is 0.454 e. The molecule has 20 heavy (non-hydrogen) atoms. The van der Waals surface area contributed by atoms with Crippen LogP contribution in [0.3, 0.4) is 0 Å². The van der Waals surface area contributed by atoms with Crippen LogP contribution in [0, 0.1) is 5.82 Å². The molecule has 0 atom stereocenters. The fraction of sp³-hybridized carbons (Fsp3) is 0. The van der Waals surface area contributed by atoms with E-state index < -0.39 is 0 Å². The second kappa shape index (κ2) is 5.09. The van der Waals surface area contributed by atoms with E-state index in [-0.39, 0.29) is 5.82 Å². The van der Waals surface area contributed by atoms with Crippen LogP contribution in [0.4, 0.5) is 10.1 Å². The third kappa shape index (κ3) is 2.32. The smallest absolute Gasteiger partial charge is 0.151 e. The first-order valence-electron chi connectivity index (χ1n) is 5.90.